The van der Waals surface area contributed by atoms with Gasteiger partial charge >= 0.3 is 0 Å². The summed E-state index contributed by atoms with van der Waals surface area (Å²) in [5.41, 5.74) is 0.0111. The number of rotatable bonds is 5. The molecule has 2 aromatic rings. The average Bonchev–Trinajstić information content (AvgIpc) is 3.11. The molecule has 1 atom stereocenters. The second-order valence-electron chi connectivity index (χ2n) is 5.59. The highest BCUT2D eigenvalue weighted by Crippen LogP contribution is 2.23. The number of anilines is 1. The highest BCUT2D eigenvalue weighted by Gasteiger charge is 2.28. The smallest absolute Gasteiger partial charge is 0.287 e. The molecule has 0 bridgehead atoms. The number of hydrogen-bond donors (Lipinski definition) is 1. The van der Waals surface area contributed by atoms with Gasteiger partial charge in [0.25, 0.3) is 11.6 Å². The van der Waals surface area contributed by atoms with Crippen molar-refractivity contribution in [2.24, 2.45) is 0 Å². The van der Waals surface area contributed by atoms with Crippen LogP contribution < -0.4 is 10.1 Å². The Morgan fingerprint density at radius 1 is 1.42 bits per heavy atom. The molecule has 3 heterocycles. The number of likely N-dealkylation sites (tertiary alicyclic amines) is 1. The van der Waals surface area contributed by atoms with Crippen molar-refractivity contribution in [1.82, 2.24) is 19.9 Å². The van der Waals surface area contributed by atoms with E-state index in [1.54, 1.807) is 4.90 Å². The van der Waals surface area contributed by atoms with Crippen molar-refractivity contribution in [3.63, 3.8) is 0 Å². The van der Waals surface area contributed by atoms with Gasteiger partial charge in [0.2, 0.25) is 11.8 Å². The Morgan fingerprint density at radius 2 is 2.23 bits per heavy atom. The Bertz CT molecular complexity index is 831. The number of amides is 1. The van der Waals surface area contributed by atoms with Gasteiger partial charge in [0.1, 0.15) is 16.9 Å². The van der Waals surface area contributed by atoms with E-state index in [-0.39, 0.29) is 29.2 Å². The van der Waals surface area contributed by atoms with Crippen molar-refractivity contribution in [3.05, 3.63) is 45.4 Å². The zero-order valence-corrected chi connectivity index (χ0v) is 14.5. The summed E-state index contributed by atoms with van der Waals surface area (Å²) in [6.07, 6.45) is 3.22. The zero-order chi connectivity index (χ0) is 18.7. The number of aromatic nitrogens is 3. The first-order valence-corrected chi connectivity index (χ1v) is 8.08. The molecule has 26 heavy (non-hydrogen) atoms. The average molecular weight is 379 g/mol. The summed E-state index contributed by atoms with van der Waals surface area (Å²) in [4.78, 5) is 36.3. The summed E-state index contributed by atoms with van der Waals surface area (Å²) in [5.74, 6) is 0.350. The largest absolute Gasteiger partial charge is 0.480 e. The molecule has 1 aliphatic heterocycles. The van der Waals surface area contributed by atoms with E-state index in [2.05, 4.69) is 20.3 Å². The van der Waals surface area contributed by atoms with Crippen LogP contribution >= 0.6 is 11.6 Å². The highest BCUT2D eigenvalue weighted by atomic mass is 35.5. The first kappa shape index (κ1) is 17.8. The second kappa shape index (κ2) is 7.48. The van der Waals surface area contributed by atoms with E-state index in [9.17, 15) is 14.9 Å². The van der Waals surface area contributed by atoms with E-state index in [1.165, 1.54) is 25.4 Å². The van der Waals surface area contributed by atoms with Crippen molar-refractivity contribution in [3.8, 4) is 5.88 Å². The minimum atomic E-state index is -0.558. The fourth-order valence-electron chi connectivity index (χ4n) is 2.59. The quantitative estimate of drug-likeness (QED) is 0.616. The fourth-order valence-corrected chi connectivity index (χ4v) is 2.76. The molecule has 1 fully saturated rings. The Balaban J connectivity index is 1.62. The molecule has 1 amide bonds. The summed E-state index contributed by atoms with van der Waals surface area (Å²) >= 11 is 5.90. The van der Waals surface area contributed by atoms with Gasteiger partial charge in [-0.25, -0.2) is 9.97 Å². The topological polar surface area (TPSA) is 123 Å². The molecule has 0 saturated carbocycles. The summed E-state index contributed by atoms with van der Waals surface area (Å²) in [6.45, 7) is 0.964. The first-order valence-electron chi connectivity index (χ1n) is 7.70. The van der Waals surface area contributed by atoms with Gasteiger partial charge in [0.05, 0.1) is 18.2 Å². The van der Waals surface area contributed by atoms with Gasteiger partial charge in [-0.3, -0.25) is 14.9 Å². The lowest BCUT2D eigenvalue weighted by Crippen LogP contribution is -2.32. The summed E-state index contributed by atoms with van der Waals surface area (Å²) in [7, 11) is 1.46. The SMILES string of the molecule is COc1nc(N[C@@H]2CCN(C(=O)c3ccc([N+](=O)[O-])cn3)C2)ncc1Cl. The molecule has 136 valence electrons. The molecule has 3 rings (SSSR count). The van der Waals surface area contributed by atoms with Crippen LogP contribution in [0.1, 0.15) is 16.9 Å². The molecule has 0 spiro atoms. The molecule has 0 radical (unpaired) electrons. The molecule has 0 aromatic carbocycles. The minimum Gasteiger partial charge on any atom is -0.480 e. The number of hydrogen-bond acceptors (Lipinski definition) is 8. The van der Waals surface area contributed by atoms with Crippen LogP contribution in [-0.4, -0.2) is 56.9 Å². The third-order valence-electron chi connectivity index (χ3n) is 3.89. The van der Waals surface area contributed by atoms with Crippen LogP contribution in [0.15, 0.2) is 24.5 Å². The number of carbonyl (C=O) groups is 1. The summed E-state index contributed by atoms with van der Waals surface area (Å²) < 4.78 is 5.05. The van der Waals surface area contributed by atoms with Crippen LogP contribution in [0.3, 0.4) is 0 Å². The lowest BCUT2D eigenvalue weighted by atomic mass is 10.3. The second-order valence-corrected chi connectivity index (χ2v) is 6.00. The Labute approximate surface area is 153 Å². The lowest BCUT2D eigenvalue weighted by molar-refractivity contribution is -0.385. The van der Waals surface area contributed by atoms with Gasteiger partial charge < -0.3 is 15.0 Å². The molecule has 0 aliphatic carbocycles. The van der Waals surface area contributed by atoms with E-state index in [0.29, 0.717) is 30.5 Å². The number of carbonyl (C=O) groups excluding carboxylic acids is 1. The first-order chi connectivity index (χ1) is 12.5. The Kier molecular flexibility index (Phi) is 5.12. The third kappa shape index (κ3) is 3.80. The fraction of sp³-hybridized carbons (Fsp3) is 0.333. The van der Waals surface area contributed by atoms with Crippen LogP contribution in [-0.2, 0) is 0 Å². The molecular weight excluding hydrogens is 364 g/mol. The van der Waals surface area contributed by atoms with Crippen molar-refractivity contribution in [2.75, 3.05) is 25.5 Å². The van der Waals surface area contributed by atoms with E-state index in [0.717, 1.165) is 6.20 Å². The zero-order valence-electron chi connectivity index (χ0n) is 13.8. The standard InChI is InChI=1S/C15H15ClN6O4/c1-26-13-11(16)7-18-15(20-13)19-9-4-5-21(8-9)14(23)12-3-2-10(6-17-12)22(24)25/h2-3,6-7,9H,4-5,8H2,1H3,(H,18,19,20)/t9-/m1/s1. The normalized spacial score (nSPS) is 16.4. The predicted octanol–water partition coefficient (Wildman–Crippen LogP) is 1.77. The highest BCUT2D eigenvalue weighted by molar-refractivity contribution is 6.31. The predicted molar refractivity (Wildman–Crippen MR) is 92.4 cm³/mol. The van der Waals surface area contributed by atoms with E-state index in [1.807, 2.05) is 0 Å². The number of methoxy groups -OCH3 is 1. The number of pyridine rings is 1. The lowest BCUT2D eigenvalue weighted by Gasteiger charge is -2.16. The van der Waals surface area contributed by atoms with Gasteiger partial charge in [-0.1, -0.05) is 11.6 Å². The maximum Gasteiger partial charge on any atom is 0.287 e. The van der Waals surface area contributed by atoms with Crippen LogP contribution in [0, 0.1) is 10.1 Å². The summed E-state index contributed by atoms with van der Waals surface area (Å²) in [6, 6.07) is 2.58. The monoisotopic (exact) mass is 378 g/mol. The van der Waals surface area contributed by atoms with Gasteiger partial charge in [0.15, 0.2) is 0 Å². The Hall–Kier alpha value is -3.01. The van der Waals surface area contributed by atoms with Crippen molar-refractivity contribution >= 4 is 29.1 Å². The van der Waals surface area contributed by atoms with Crippen LogP contribution in [0.4, 0.5) is 11.6 Å². The van der Waals surface area contributed by atoms with Crippen molar-refractivity contribution < 1.29 is 14.5 Å². The molecule has 1 aliphatic rings. The van der Waals surface area contributed by atoms with Crippen LogP contribution in [0.5, 0.6) is 5.88 Å². The number of halogens is 1. The molecule has 0 unspecified atom stereocenters. The number of nitro groups is 1. The molecule has 10 nitrogen and oxygen atoms in total. The van der Waals surface area contributed by atoms with Crippen LogP contribution in [0.2, 0.25) is 5.02 Å². The maximum atomic E-state index is 12.5. The van der Waals surface area contributed by atoms with Crippen LogP contribution in [0.25, 0.3) is 0 Å². The molecule has 1 saturated heterocycles. The van der Waals surface area contributed by atoms with Gasteiger partial charge in [-0.15, -0.1) is 0 Å². The van der Waals surface area contributed by atoms with Gasteiger partial charge in [-0.2, -0.15) is 4.98 Å². The van der Waals surface area contributed by atoms with E-state index in [4.69, 9.17) is 16.3 Å². The summed E-state index contributed by atoms with van der Waals surface area (Å²) in [5, 5.41) is 14.1. The van der Waals surface area contributed by atoms with E-state index >= 15 is 0 Å². The molecule has 11 heteroatoms. The minimum absolute atomic E-state index is 0.0390. The molecule has 1 N–H and O–H groups in total. The third-order valence-corrected chi connectivity index (χ3v) is 4.15. The van der Waals surface area contributed by atoms with Crippen molar-refractivity contribution in [1.29, 1.82) is 0 Å². The number of ether oxygens (including phenoxy) is 1. The van der Waals surface area contributed by atoms with Gasteiger partial charge in [-0.05, 0) is 12.5 Å². The van der Waals surface area contributed by atoms with Gasteiger partial charge in [0, 0.05) is 25.2 Å². The molecular formula is C15H15ClN6O4. The maximum absolute atomic E-state index is 12.5. The van der Waals surface area contributed by atoms with E-state index < -0.39 is 4.92 Å². The number of nitrogens with zero attached hydrogens (tertiary/aromatic N) is 5. The van der Waals surface area contributed by atoms with Crippen molar-refractivity contribution in [2.45, 2.75) is 12.5 Å². The number of nitrogens with one attached hydrogen (secondary N) is 1. The molecule has 2 aromatic heterocycles. The Morgan fingerprint density at radius 3 is 2.88 bits per heavy atom.